The summed E-state index contributed by atoms with van der Waals surface area (Å²) in [6.45, 7) is 1.92. The summed E-state index contributed by atoms with van der Waals surface area (Å²) in [5.74, 6) is 1.75. The van der Waals surface area contributed by atoms with Crippen molar-refractivity contribution < 1.29 is 13.9 Å². The smallest absolute Gasteiger partial charge is 0.163 e. The third kappa shape index (κ3) is 2.80. The number of methoxy groups -OCH3 is 1. The van der Waals surface area contributed by atoms with Crippen LogP contribution in [0.15, 0.2) is 41.0 Å². The Bertz CT molecular complexity index is 527. The lowest BCUT2D eigenvalue weighted by Crippen LogP contribution is -2.03. The summed E-state index contributed by atoms with van der Waals surface area (Å²) >= 11 is 0. The molecule has 0 radical (unpaired) electrons. The minimum atomic E-state index is 0.131. The van der Waals surface area contributed by atoms with Crippen molar-refractivity contribution in [1.29, 1.82) is 0 Å². The summed E-state index contributed by atoms with van der Waals surface area (Å²) in [6, 6.07) is 9.22. The van der Waals surface area contributed by atoms with Gasteiger partial charge in [-0.15, -0.1) is 0 Å². The number of benzene rings is 1. The van der Waals surface area contributed by atoms with E-state index in [1.165, 1.54) is 0 Å². The molecule has 0 atom stereocenters. The molecule has 1 aromatic heterocycles. The van der Waals surface area contributed by atoms with Gasteiger partial charge in [-0.2, -0.15) is 0 Å². The molecule has 0 N–H and O–H groups in total. The number of carbonyl (C=O) groups excluding carboxylic acids is 1. The minimum Gasteiger partial charge on any atom is -0.497 e. The molecule has 0 spiro atoms. The first kappa shape index (κ1) is 12.4. The topological polar surface area (TPSA) is 39.4 Å². The number of rotatable bonds is 5. The molecule has 1 aromatic carbocycles. The normalized spacial score (nSPS) is 10.3. The Labute approximate surface area is 106 Å². The SMILES string of the molecule is COc1ccc(C(=O)CCc2ccco2)c(C)c1. The van der Waals surface area contributed by atoms with Crippen LogP contribution in [0.4, 0.5) is 0 Å². The van der Waals surface area contributed by atoms with Crippen LogP contribution >= 0.6 is 0 Å². The van der Waals surface area contributed by atoms with Gasteiger partial charge in [0.1, 0.15) is 11.5 Å². The standard InChI is InChI=1S/C15H16O3/c1-11-10-13(17-2)5-7-14(11)15(16)8-6-12-4-3-9-18-12/h3-5,7,9-10H,6,8H2,1-2H3. The van der Waals surface area contributed by atoms with E-state index >= 15 is 0 Å². The molecule has 0 fully saturated rings. The Morgan fingerprint density at radius 1 is 1.33 bits per heavy atom. The maximum absolute atomic E-state index is 12.1. The van der Waals surface area contributed by atoms with E-state index in [2.05, 4.69) is 0 Å². The third-order valence-corrected chi connectivity index (χ3v) is 2.91. The Hall–Kier alpha value is -2.03. The molecule has 0 amide bonds. The highest BCUT2D eigenvalue weighted by Crippen LogP contribution is 2.19. The van der Waals surface area contributed by atoms with Crippen molar-refractivity contribution in [1.82, 2.24) is 0 Å². The monoisotopic (exact) mass is 244 g/mol. The van der Waals surface area contributed by atoms with Gasteiger partial charge in [0.2, 0.25) is 0 Å². The summed E-state index contributed by atoms with van der Waals surface area (Å²) in [4.78, 5) is 12.1. The first-order valence-electron chi connectivity index (χ1n) is 5.91. The van der Waals surface area contributed by atoms with Gasteiger partial charge in [0.05, 0.1) is 13.4 Å². The largest absolute Gasteiger partial charge is 0.497 e. The summed E-state index contributed by atoms with van der Waals surface area (Å²) in [5.41, 5.74) is 1.70. The predicted octanol–water partition coefficient (Wildman–Crippen LogP) is 3.41. The molecular formula is C15H16O3. The zero-order valence-corrected chi connectivity index (χ0v) is 10.6. The van der Waals surface area contributed by atoms with Gasteiger partial charge < -0.3 is 9.15 Å². The molecule has 3 nitrogen and oxygen atoms in total. The van der Waals surface area contributed by atoms with E-state index in [4.69, 9.17) is 9.15 Å². The van der Waals surface area contributed by atoms with Crippen molar-refractivity contribution in [2.24, 2.45) is 0 Å². The van der Waals surface area contributed by atoms with Crippen LogP contribution in [-0.2, 0) is 6.42 Å². The molecule has 0 unspecified atom stereocenters. The molecule has 0 bridgehead atoms. The fourth-order valence-electron chi connectivity index (χ4n) is 1.90. The quantitative estimate of drug-likeness (QED) is 0.756. The summed E-state index contributed by atoms with van der Waals surface area (Å²) < 4.78 is 10.3. The van der Waals surface area contributed by atoms with Gasteiger partial charge in [-0.3, -0.25) is 4.79 Å². The first-order valence-corrected chi connectivity index (χ1v) is 5.91. The van der Waals surface area contributed by atoms with Gasteiger partial charge in [-0.05, 0) is 42.8 Å². The van der Waals surface area contributed by atoms with Crippen LogP contribution in [0, 0.1) is 6.92 Å². The van der Waals surface area contributed by atoms with Crippen molar-refractivity contribution in [3.05, 3.63) is 53.5 Å². The second-order valence-corrected chi connectivity index (χ2v) is 4.18. The first-order chi connectivity index (χ1) is 8.70. The Morgan fingerprint density at radius 3 is 2.78 bits per heavy atom. The molecular weight excluding hydrogens is 228 g/mol. The van der Waals surface area contributed by atoms with Crippen LogP contribution in [0.5, 0.6) is 5.75 Å². The molecule has 2 rings (SSSR count). The van der Waals surface area contributed by atoms with Crippen molar-refractivity contribution >= 4 is 5.78 Å². The summed E-state index contributed by atoms with van der Waals surface area (Å²) in [5, 5.41) is 0. The molecule has 94 valence electrons. The second kappa shape index (κ2) is 5.54. The number of aryl methyl sites for hydroxylation is 2. The van der Waals surface area contributed by atoms with Gasteiger partial charge in [-0.25, -0.2) is 0 Å². The lowest BCUT2D eigenvalue weighted by Gasteiger charge is -2.06. The zero-order valence-electron chi connectivity index (χ0n) is 10.6. The van der Waals surface area contributed by atoms with Crippen molar-refractivity contribution in [2.45, 2.75) is 19.8 Å². The van der Waals surface area contributed by atoms with E-state index in [1.807, 2.05) is 37.3 Å². The number of furan rings is 1. The maximum atomic E-state index is 12.1. The van der Waals surface area contributed by atoms with Crippen molar-refractivity contribution in [2.75, 3.05) is 7.11 Å². The lowest BCUT2D eigenvalue weighted by atomic mass is 10.0. The average molecular weight is 244 g/mol. The van der Waals surface area contributed by atoms with Crippen LogP contribution in [0.1, 0.15) is 28.1 Å². The Kier molecular flexibility index (Phi) is 3.82. The molecule has 3 heteroatoms. The second-order valence-electron chi connectivity index (χ2n) is 4.18. The number of hydrogen-bond donors (Lipinski definition) is 0. The number of hydrogen-bond acceptors (Lipinski definition) is 3. The van der Waals surface area contributed by atoms with E-state index in [0.717, 1.165) is 22.6 Å². The molecule has 1 heterocycles. The highest BCUT2D eigenvalue weighted by atomic mass is 16.5. The summed E-state index contributed by atoms with van der Waals surface area (Å²) in [7, 11) is 1.62. The van der Waals surface area contributed by atoms with Crippen molar-refractivity contribution in [3.8, 4) is 5.75 Å². The molecule has 18 heavy (non-hydrogen) atoms. The molecule has 0 saturated heterocycles. The summed E-state index contributed by atoms with van der Waals surface area (Å²) in [6.07, 6.45) is 2.72. The number of ether oxygens (including phenoxy) is 1. The van der Waals surface area contributed by atoms with E-state index in [1.54, 1.807) is 13.4 Å². The molecule has 2 aromatic rings. The number of Topliss-reactive ketones (excluding diaryl/α,β-unsaturated/α-hetero) is 1. The zero-order chi connectivity index (χ0) is 13.0. The predicted molar refractivity (Wildman–Crippen MR) is 69.1 cm³/mol. The highest BCUT2D eigenvalue weighted by Gasteiger charge is 2.10. The van der Waals surface area contributed by atoms with Gasteiger partial charge in [0.15, 0.2) is 5.78 Å². The highest BCUT2D eigenvalue weighted by molar-refractivity contribution is 5.97. The average Bonchev–Trinajstić information content (AvgIpc) is 2.88. The Morgan fingerprint density at radius 2 is 2.17 bits per heavy atom. The van der Waals surface area contributed by atoms with Crippen molar-refractivity contribution in [3.63, 3.8) is 0 Å². The third-order valence-electron chi connectivity index (χ3n) is 2.91. The maximum Gasteiger partial charge on any atom is 0.163 e. The van der Waals surface area contributed by atoms with Gasteiger partial charge in [0.25, 0.3) is 0 Å². The number of carbonyl (C=O) groups is 1. The van der Waals surface area contributed by atoms with E-state index in [0.29, 0.717) is 12.8 Å². The van der Waals surface area contributed by atoms with E-state index in [9.17, 15) is 4.79 Å². The molecule has 0 aliphatic heterocycles. The Balaban J connectivity index is 2.04. The van der Waals surface area contributed by atoms with Crippen LogP contribution < -0.4 is 4.74 Å². The van der Waals surface area contributed by atoms with E-state index in [-0.39, 0.29) is 5.78 Å². The molecule has 0 saturated carbocycles. The fourth-order valence-corrected chi connectivity index (χ4v) is 1.90. The van der Waals surface area contributed by atoms with Gasteiger partial charge in [-0.1, -0.05) is 0 Å². The lowest BCUT2D eigenvalue weighted by molar-refractivity contribution is 0.0980. The molecule has 0 aliphatic carbocycles. The van der Waals surface area contributed by atoms with Crippen LogP contribution in [0.3, 0.4) is 0 Å². The fraction of sp³-hybridized carbons (Fsp3) is 0.267. The minimum absolute atomic E-state index is 0.131. The van der Waals surface area contributed by atoms with Crippen LogP contribution in [0.2, 0.25) is 0 Å². The van der Waals surface area contributed by atoms with Gasteiger partial charge >= 0.3 is 0 Å². The van der Waals surface area contributed by atoms with Crippen LogP contribution in [-0.4, -0.2) is 12.9 Å². The number of ketones is 1. The van der Waals surface area contributed by atoms with Crippen LogP contribution in [0.25, 0.3) is 0 Å². The molecule has 0 aliphatic rings. The van der Waals surface area contributed by atoms with E-state index < -0.39 is 0 Å². The van der Waals surface area contributed by atoms with Gasteiger partial charge in [0, 0.05) is 18.4 Å².